The minimum Gasteiger partial charge on any atom is -0.322 e. The Hall–Kier alpha value is -1.39. The van der Waals surface area contributed by atoms with Crippen LogP contribution in [0.3, 0.4) is 0 Å². The van der Waals surface area contributed by atoms with Crippen molar-refractivity contribution in [3.63, 3.8) is 0 Å². The van der Waals surface area contributed by atoms with Gasteiger partial charge in [-0.25, -0.2) is 4.39 Å². The summed E-state index contributed by atoms with van der Waals surface area (Å²) in [7, 11) is 0. The molecule has 0 aliphatic heterocycles. The van der Waals surface area contributed by atoms with Crippen LogP contribution >= 0.6 is 27.5 Å². The number of carbonyl (C=O) groups excluding carboxylic acids is 1. The lowest BCUT2D eigenvalue weighted by atomic mass is 10.2. The molecule has 0 saturated carbocycles. The lowest BCUT2D eigenvalue weighted by Gasteiger charge is -2.08. The molecule has 2 aromatic rings. The van der Waals surface area contributed by atoms with Gasteiger partial charge in [-0.05, 0) is 58.7 Å². The molecule has 0 fully saturated rings. The maximum atomic E-state index is 13.0. The molecular weight excluding hydrogens is 333 g/mol. The molecular formula is C14H10BrClFNO. The van der Waals surface area contributed by atoms with Crippen LogP contribution in [-0.2, 0) is 0 Å². The summed E-state index contributed by atoms with van der Waals surface area (Å²) in [5.74, 6) is -0.728. The second-order valence-corrected chi connectivity index (χ2v) is 5.30. The van der Waals surface area contributed by atoms with Crippen LogP contribution in [0.2, 0.25) is 5.02 Å². The van der Waals surface area contributed by atoms with Crippen LogP contribution in [0.1, 0.15) is 15.9 Å². The van der Waals surface area contributed by atoms with Crippen LogP contribution in [0.5, 0.6) is 0 Å². The highest BCUT2D eigenvalue weighted by atomic mass is 79.9. The van der Waals surface area contributed by atoms with E-state index in [1.54, 1.807) is 12.1 Å². The van der Waals surface area contributed by atoms with Crippen LogP contribution in [0.25, 0.3) is 0 Å². The van der Waals surface area contributed by atoms with Crippen LogP contribution in [-0.4, -0.2) is 5.91 Å². The van der Waals surface area contributed by atoms with E-state index in [2.05, 4.69) is 21.2 Å². The van der Waals surface area contributed by atoms with E-state index < -0.39 is 5.82 Å². The number of aryl methyl sites for hydroxylation is 1. The largest absolute Gasteiger partial charge is 0.322 e. The molecule has 0 aromatic heterocycles. The van der Waals surface area contributed by atoms with Gasteiger partial charge in [-0.1, -0.05) is 17.7 Å². The van der Waals surface area contributed by atoms with Gasteiger partial charge in [-0.3, -0.25) is 4.79 Å². The topological polar surface area (TPSA) is 29.1 Å². The number of benzene rings is 2. The molecule has 2 nitrogen and oxygen atoms in total. The summed E-state index contributed by atoms with van der Waals surface area (Å²) in [6.45, 7) is 1.88. The highest BCUT2D eigenvalue weighted by molar-refractivity contribution is 9.10. The Morgan fingerprint density at radius 2 is 2.00 bits per heavy atom. The Bertz CT molecular complexity index is 645. The highest BCUT2D eigenvalue weighted by Crippen LogP contribution is 2.22. The van der Waals surface area contributed by atoms with E-state index in [4.69, 9.17) is 11.6 Å². The minimum absolute atomic E-state index is 0.327. The molecule has 1 N–H and O–H groups in total. The van der Waals surface area contributed by atoms with Crippen molar-refractivity contribution < 1.29 is 9.18 Å². The SMILES string of the molecule is Cc1ccc(NC(=O)c2ccc(F)cc2Br)cc1Cl. The Labute approximate surface area is 123 Å². The van der Waals surface area contributed by atoms with Crippen molar-refractivity contribution in [2.24, 2.45) is 0 Å². The van der Waals surface area contributed by atoms with E-state index in [1.807, 2.05) is 13.0 Å². The summed E-state index contributed by atoms with van der Waals surface area (Å²) in [4.78, 5) is 12.0. The molecule has 0 atom stereocenters. The summed E-state index contributed by atoms with van der Waals surface area (Å²) >= 11 is 9.15. The van der Waals surface area contributed by atoms with Gasteiger partial charge in [0.2, 0.25) is 0 Å². The molecule has 0 aliphatic carbocycles. The summed E-state index contributed by atoms with van der Waals surface area (Å²) in [6.07, 6.45) is 0. The molecule has 0 radical (unpaired) electrons. The zero-order valence-corrected chi connectivity index (χ0v) is 12.3. The predicted molar refractivity (Wildman–Crippen MR) is 78.2 cm³/mol. The second kappa shape index (κ2) is 5.72. The van der Waals surface area contributed by atoms with E-state index in [0.29, 0.717) is 20.7 Å². The van der Waals surface area contributed by atoms with Crippen molar-refractivity contribution in [3.05, 3.63) is 62.8 Å². The Morgan fingerprint density at radius 1 is 1.26 bits per heavy atom. The average molecular weight is 343 g/mol. The number of amides is 1. The smallest absolute Gasteiger partial charge is 0.256 e. The number of hydrogen-bond acceptors (Lipinski definition) is 1. The first-order chi connectivity index (χ1) is 8.97. The first-order valence-electron chi connectivity index (χ1n) is 5.50. The fourth-order valence-electron chi connectivity index (χ4n) is 1.54. The van der Waals surface area contributed by atoms with Gasteiger partial charge >= 0.3 is 0 Å². The Kier molecular flexibility index (Phi) is 4.22. The van der Waals surface area contributed by atoms with E-state index in [0.717, 1.165) is 5.56 Å². The number of rotatable bonds is 2. The number of nitrogens with one attached hydrogen (secondary N) is 1. The van der Waals surface area contributed by atoms with Gasteiger partial charge in [0.25, 0.3) is 5.91 Å². The van der Waals surface area contributed by atoms with Gasteiger partial charge in [-0.15, -0.1) is 0 Å². The molecule has 1 amide bonds. The minimum atomic E-state index is -0.401. The molecule has 0 heterocycles. The number of carbonyl (C=O) groups is 1. The molecule has 2 aromatic carbocycles. The van der Waals surface area contributed by atoms with Crippen molar-refractivity contribution in [3.8, 4) is 0 Å². The van der Waals surface area contributed by atoms with Crippen molar-refractivity contribution in [1.82, 2.24) is 0 Å². The number of hydrogen-bond donors (Lipinski definition) is 1. The van der Waals surface area contributed by atoms with Gasteiger partial charge < -0.3 is 5.32 Å². The van der Waals surface area contributed by atoms with Crippen LogP contribution < -0.4 is 5.32 Å². The Balaban J connectivity index is 2.23. The molecule has 0 unspecified atom stereocenters. The average Bonchev–Trinajstić information content (AvgIpc) is 2.33. The molecule has 98 valence electrons. The van der Waals surface area contributed by atoms with Crippen molar-refractivity contribution >= 4 is 39.1 Å². The van der Waals surface area contributed by atoms with Gasteiger partial charge in [0.15, 0.2) is 0 Å². The van der Waals surface area contributed by atoms with Crippen molar-refractivity contribution in [1.29, 1.82) is 0 Å². The molecule has 19 heavy (non-hydrogen) atoms. The quantitative estimate of drug-likeness (QED) is 0.834. The van der Waals surface area contributed by atoms with E-state index in [-0.39, 0.29) is 5.91 Å². The Morgan fingerprint density at radius 3 is 2.63 bits per heavy atom. The maximum Gasteiger partial charge on any atom is 0.256 e. The maximum absolute atomic E-state index is 13.0. The van der Waals surface area contributed by atoms with Gasteiger partial charge in [0.05, 0.1) is 5.56 Å². The summed E-state index contributed by atoms with van der Waals surface area (Å²) in [5.41, 5.74) is 1.89. The second-order valence-electron chi connectivity index (χ2n) is 4.04. The summed E-state index contributed by atoms with van der Waals surface area (Å²) < 4.78 is 13.4. The third-order valence-electron chi connectivity index (χ3n) is 2.61. The van der Waals surface area contributed by atoms with Crippen LogP contribution in [0.15, 0.2) is 40.9 Å². The lowest BCUT2D eigenvalue weighted by molar-refractivity contribution is 0.102. The summed E-state index contributed by atoms with van der Waals surface area (Å²) in [6, 6.07) is 9.16. The lowest BCUT2D eigenvalue weighted by Crippen LogP contribution is -2.12. The molecule has 0 spiro atoms. The number of anilines is 1. The van der Waals surface area contributed by atoms with Gasteiger partial charge in [-0.2, -0.15) is 0 Å². The molecule has 0 bridgehead atoms. The van der Waals surface area contributed by atoms with E-state index >= 15 is 0 Å². The number of halogens is 3. The molecule has 2 rings (SSSR count). The monoisotopic (exact) mass is 341 g/mol. The van der Waals surface area contributed by atoms with Crippen molar-refractivity contribution in [2.45, 2.75) is 6.92 Å². The van der Waals surface area contributed by atoms with Gasteiger partial charge in [0.1, 0.15) is 5.82 Å². The highest BCUT2D eigenvalue weighted by Gasteiger charge is 2.11. The molecule has 0 saturated heterocycles. The summed E-state index contributed by atoms with van der Waals surface area (Å²) in [5, 5.41) is 3.29. The van der Waals surface area contributed by atoms with E-state index in [9.17, 15) is 9.18 Å². The third-order valence-corrected chi connectivity index (χ3v) is 3.67. The van der Waals surface area contributed by atoms with Gasteiger partial charge in [0, 0.05) is 15.2 Å². The van der Waals surface area contributed by atoms with E-state index in [1.165, 1.54) is 18.2 Å². The predicted octanol–water partition coefficient (Wildman–Crippen LogP) is 4.80. The standard InChI is InChI=1S/C14H10BrClFNO/c1-8-2-4-10(7-13(8)16)18-14(19)11-5-3-9(17)6-12(11)15/h2-7H,1H3,(H,18,19). The zero-order chi connectivity index (χ0) is 14.0. The zero-order valence-electron chi connectivity index (χ0n) is 10.0. The first-order valence-corrected chi connectivity index (χ1v) is 6.67. The van der Waals surface area contributed by atoms with Crippen LogP contribution in [0.4, 0.5) is 10.1 Å². The fraction of sp³-hybridized carbons (Fsp3) is 0.0714. The first kappa shape index (κ1) is 14.0. The molecule has 0 aliphatic rings. The normalized spacial score (nSPS) is 10.3. The van der Waals surface area contributed by atoms with Crippen molar-refractivity contribution in [2.75, 3.05) is 5.32 Å². The third kappa shape index (κ3) is 3.33. The molecule has 5 heteroatoms. The fourth-order valence-corrected chi connectivity index (χ4v) is 2.25. The van der Waals surface area contributed by atoms with Crippen LogP contribution in [0, 0.1) is 12.7 Å².